The van der Waals surface area contributed by atoms with Crippen LogP contribution in [0, 0.1) is 5.92 Å². The van der Waals surface area contributed by atoms with E-state index in [1.165, 1.54) is 11.3 Å². The molecule has 3 nitrogen and oxygen atoms in total. The van der Waals surface area contributed by atoms with E-state index in [-0.39, 0.29) is 11.9 Å². The first-order chi connectivity index (χ1) is 8.66. The van der Waals surface area contributed by atoms with Crippen LogP contribution in [-0.4, -0.2) is 41.5 Å². The van der Waals surface area contributed by atoms with Crippen molar-refractivity contribution in [2.45, 2.75) is 32.3 Å². The van der Waals surface area contributed by atoms with E-state index in [2.05, 4.69) is 11.8 Å². The fourth-order valence-electron chi connectivity index (χ4n) is 2.45. The molecule has 0 aromatic carbocycles. The van der Waals surface area contributed by atoms with Gasteiger partial charge in [-0.05, 0) is 36.8 Å². The maximum atomic E-state index is 11.8. The van der Waals surface area contributed by atoms with Gasteiger partial charge in [-0.25, -0.2) is 0 Å². The summed E-state index contributed by atoms with van der Waals surface area (Å²) in [4.78, 5) is 15.0. The molecule has 1 aliphatic rings. The van der Waals surface area contributed by atoms with Gasteiger partial charge < -0.3 is 10.0 Å². The zero-order valence-corrected chi connectivity index (χ0v) is 11.7. The van der Waals surface area contributed by atoms with Crippen LogP contribution in [0.1, 0.15) is 35.9 Å². The minimum Gasteiger partial charge on any atom is -0.393 e. The third kappa shape index (κ3) is 3.64. The van der Waals surface area contributed by atoms with Crippen LogP contribution in [0.5, 0.6) is 0 Å². The summed E-state index contributed by atoms with van der Waals surface area (Å²) in [5.74, 6) is 0.613. The molecule has 2 unspecified atom stereocenters. The molecule has 100 valence electrons. The first kappa shape index (κ1) is 13.7. The zero-order chi connectivity index (χ0) is 13.0. The SMILES string of the molecule is CC1CN(CCCC(=O)c2cccs2)CCC1O. The number of likely N-dealkylation sites (tertiary alicyclic amines) is 1. The highest BCUT2D eigenvalue weighted by atomic mass is 32.1. The van der Waals surface area contributed by atoms with Crippen molar-refractivity contribution in [1.29, 1.82) is 0 Å². The summed E-state index contributed by atoms with van der Waals surface area (Å²) >= 11 is 1.52. The van der Waals surface area contributed by atoms with Gasteiger partial charge in [0.15, 0.2) is 5.78 Å². The number of aliphatic hydroxyl groups excluding tert-OH is 1. The van der Waals surface area contributed by atoms with E-state index in [0.717, 1.165) is 37.4 Å². The Morgan fingerprint density at radius 2 is 2.44 bits per heavy atom. The van der Waals surface area contributed by atoms with Gasteiger partial charge >= 0.3 is 0 Å². The minimum absolute atomic E-state index is 0.144. The lowest BCUT2D eigenvalue weighted by Crippen LogP contribution is -2.42. The van der Waals surface area contributed by atoms with E-state index in [1.54, 1.807) is 0 Å². The van der Waals surface area contributed by atoms with E-state index in [9.17, 15) is 9.90 Å². The monoisotopic (exact) mass is 267 g/mol. The summed E-state index contributed by atoms with van der Waals surface area (Å²) in [7, 11) is 0. The van der Waals surface area contributed by atoms with Crippen LogP contribution in [-0.2, 0) is 0 Å². The number of carbonyl (C=O) groups excluding carboxylic acids is 1. The number of hydrogen-bond acceptors (Lipinski definition) is 4. The lowest BCUT2D eigenvalue weighted by molar-refractivity contribution is 0.0344. The predicted molar refractivity (Wildman–Crippen MR) is 74.1 cm³/mol. The summed E-state index contributed by atoms with van der Waals surface area (Å²) in [5.41, 5.74) is 0. The largest absolute Gasteiger partial charge is 0.393 e. The third-order valence-corrected chi connectivity index (χ3v) is 4.53. The van der Waals surface area contributed by atoms with E-state index < -0.39 is 0 Å². The number of piperidine rings is 1. The number of Topliss-reactive ketones (excluding diaryl/α,β-unsaturated/α-hetero) is 1. The number of hydrogen-bond donors (Lipinski definition) is 1. The molecular weight excluding hydrogens is 246 g/mol. The number of thiophene rings is 1. The lowest BCUT2D eigenvalue weighted by Gasteiger charge is -2.34. The van der Waals surface area contributed by atoms with Gasteiger partial charge in [0.2, 0.25) is 0 Å². The fourth-order valence-corrected chi connectivity index (χ4v) is 3.14. The Balaban J connectivity index is 1.68. The van der Waals surface area contributed by atoms with Gasteiger partial charge in [0.05, 0.1) is 11.0 Å². The van der Waals surface area contributed by atoms with Crippen molar-refractivity contribution in [3.63, 3.8) is 0 Å². The van der Waals surface area contributed by atoms with Crippen molar-refractivity contribution in [3.05, 3.63) is 22.4 Å². The molecule has 2 heterocycles. The highest BCUT2D eigenvalue weighted by Gasteiger charge is 2.23. The molecule has 18 heavy (non-hydrogen) atoms. The van der Waals surface area contributed by atoms with Crippen molar-refractivity contribution in [1.82, 2.24) is 4.90 Å². The Bertz CT molecular complexity index is 377. The summed E-state index contributed by atoms with van der Waals surface area (Å²) in [6.07, 6.45) is 2.27. The molecular formula is C14H21NO2S. The standard InChI is InChI=1S/C14H21NO2S/c1-11-10-15(8-6-12(11)16)7-2-4-13(17)14-5-3-9-18-14/h3,5,9,11-12,16H,2,4,6-8,10H2,1H3. The summed E-state index contributed by atoms with van der Waals surface area (Å²) in [5, 5.41) is 11.6. The molecule has 0 radical (unpaired) electrons. The van der Waals surface area contributed by atoms with Gasteiger partial charge in [0.25, 0.3) is 0 Å². The van der Waals surface area contributed by atoms with Crippen LogP contribution >= 0.6 is 11.3 Å². The Labute approximate surface area is 112 Å². The van der Waals surface area contributed by atoms with Crippen molar-refractivity contribution in [2.24, 2.45) is 5.92 Å². The van der Waals surface area contributed by atoms with Crippen LogP contribution in [0.2, 0.25) is 0 Å². The number of ketones is 1. The van der Waals surface area contributed by atoms with E-state index in [1.807, 2.05) is 17.5 Å². The molecule has 0 spiro atoms. The first-order valence-corrected chi connectivity index (χ1v) is 7.52. The molecule has 1 aromatic heterocycles. The van der Waals surface area contributed by atoms with Crippen molar-refractivity contribution < 1.29 is 9.90 Å². The second kappa shape index (κ2) is 6.45. The summed E-state index contributed by atoms with van der Waals surface area (Å²) in [6.45, 7) is 4.97. The first-order valence-electron chi connectivity index (χ1n) is 6.64. The summed E-state index contributed by atoms with van der Waals surface area (Å²) in [6, 6.07) is 3.82. The predicted octanol–water partition coefficient (Wildman–Crippen LogP) is 2.41. The molecule has 0 saturated carbocycles. The van der Waals surface area contributed by atoms with E-state index in [0.29, 0.717) is 12.3 Å². The lowest BCUT2D eigenvalue weighted by atomic mass is 9.96. The minimum atomic E-state index is -0.144. The quantitative estimate of drug-likeness (QED) is 0.833. The fraction of sp³-hybridized carbons (Fsp3) is 0.643. The number of nitrogens with zero attached hydrogens (tertiary/aromatic N) is 1. The Morgan fingerprint density at radius 3 is 3.11 bits per heavy atom. The molecule has 1 aromatic rings. The van der Waals surface area contributed by atoms with Gasteiger partial charge in [0.1, 0.15) is 0 Å². The second-order valence-electron chi connectivity index (χ2n) is 5.14. The van der Waals surface area contributed by atoms with Crippen molar-refractivity contribution >= 4 is 17.1 Å². The number of rotatable bonds is 5. The van der Waals surface area contributed by atoms with Crippen molar-refractivity contribution in [2.75, 3.05) is 19.6 Å². The van der Waals surface area contributed by atoms with E-state index in [4.69, 9.17) is 0 Å². The van der Waals surface area contributed by atoms with Gasteiger partial charge in [-0.2, -0.15) is 0 Å². The number of aliphatic hydroxyl groups is 1. The van der Waals surface area contributed by atoms with Crippen LogP contribution < -0.4 is 0 Å². The highest BCUT2D eigenvalue weighted by Crippen LogP contribution is 2.17. The molecule has 1 fully saturated rings. The Hall–Kier alpha value is -0.710. The van der Waals surface area contributed by atoms with Crippen LogP contribution in [0.15, 0.2) is 17.5 Å². The van der Waals surface area contributed by atoms with Gasteiger partial charge in [0, 0.05) is 19.5 Å². The average Bonchev–Trinajstić information content (AvgIpc) is 2.87. The maximum Gasteiger partial charge on any atom is 0.172 e. The van der Waals surface area contributed by atoms with Crippen LogP contribution in [0.4, 0.5) is 0 Å². The topological polar surface area (TPSA) is 40.5 Å². The molecule has 0 bridgehead atoms. The molecule has 1 N–H and O–H groups in total. The molecule has 2 rings (SSSR count). The van der Waals surface area contributed by atoms with Gasteiger partial charge in [-0.3, -0.25) is 4.79 Å². The highest BCUT2D eigenvalue weighted by molar-refractivity contribution is 7.12. The zero-order valence-electron chi connectivity index (χ0n) is 10.8. The van der Waals surface area contributed by atoms with E-state index >= 15 is 0 Å². The molecule has 1 saturated heterocycles. The molecule has 4 heteroatoms. The average molecular weight is 267 g/mol. The normalized spacial score (nSPS) is 25.2. The summed E-state index contributed by atoms with van der Waals surface area (Å²) < 4.78 is 0. The maximum absolute atomic E-state index is 11.8. The molecule has 0 aliphatic carbocycles. The van der Waals surface area contributed by atoms with Crippen LogP contribution in [0.3, 0.4) is 0 Å². The smallest absolute Gasteiger partial charge is 0.172 e. The molecule has 2 atom stereocenters. The number of carbonyl (C=O) groups is 1. The second-order valence-corrected chi connectivity index (χ2v) is 6.09. The molecule has 1 aliphatic heterocycles. The van der Waals surface area contributed by atoms with Crippen LogP contribution in [0.25, 0.3) is 0 Å². The van der Waals surface area contributed by atoms with Crippen molar-refractivity contribution in [3.8, 4) is 0 Å². The Kier molecular flexibility index (Phi) is 4.92. The Morgan fingerprint density at radius 1 is 1.61 bits per heavy atom. The van der Waals surface area contributed by atoms with Gasteiger partial charge in [-0.1, -0.05) is 13.0 Å². The van der Waals surface area contributed by atoms with Gasteiger partial charge in [-0.15, -0.1) is 11.3 Å². The third-order valence-electron chi connectivity index (χ3n) is 3.62. The molecule has 0 amide bonds.